The molecule has 2 N–H and O–H groups in total. The van der Waals surface area contributed by atoms with Crippen molar-refractivity contribution >= 4 is 35.2 Å². The van der Waals surface area contributed by atoms with E-state index in [0.717, 1.165) is 4.90 Å². The number of rotatable bonds is 4. The molecule has 2 aromatic rings. The first-order valence-corrected chi connectivity index (χ1v) is 7.45. The highest BCUT2D eigenvalue weighted by Gasteiger charge is 2.11. The lowest BCUT2D eigenvalue weighted by atomic mass is 10.4. The second-order valence-corrected chi connectivity index (χ2v) is 5.64. The molecule has 7 heteroatoms. The van der Waals surface area contributed by atoms with E-state index in [1.165, 1.54) is 11.8 Å². The first kappa shape index (κ1) is 15.5. The molecule has 0 unspecified atom stereocenters. The van der Waals surface area contributed by atoms with Crippen molar-refractivity contribution in [2.75, 3.05) is 5.75 Å². The Hall–Kier alpha value is -1.92. The highest BCUT2D eigenvalue weighted by Crippen LogP contribution is 2.19. The summed E-state index contributed by atoms with van der Waals surface area (Å²) in [5.74, 6) is 0.154. The van der Waals surface area contributed by atoms with Crippen LogP contribution in [-0.2, 0) is 4.79 Å². The molecule has 0 aliphatic carbocycles. The van der Waals surface area contributed by atoms with Gasteiger partial charge in [-0.1, -0.05) is 11.6 Å². The predicted molar refractivity (Wildman–Crippen MR) is 81.2 cm³/mol. The van der Waals surface area contributed by atoms with E-state index in [1.54, 1.807) is 31.2 Å². The van der Waals surface area contributed by atoms with Gasteiger partial charge in [0.2, 0.25) is 5.91 Å². The van der Waals surface area contributed by atoms with Crippen LogP contribution in [0.5, 0.6) is 0 Å². The minimum Gasteiger partial charge on any atom is -0.456 e. The van der Waals surface area contributed by atoms with Crippen LogP contribution in [0.1, 0.15) is 16.3 Å². The van der Waals surface area contributed by atoms with E-state index in [1.807, 2.05) is 12.1 Å². The first-order valence-electron chi connectivity index (χ1n) is 6.08. The van der Waals surface area contributed by atoms with Crippen molar-refractivity contribution in [1.29, 1.82) is 0 Å². The smallest absolute Gasteiger partial charge is 0.305 e. The van der Waals surface area contributed by atoms with Crippen molar-refractivity contribution in [3.8, 4) is 0 Å². The average molecular weight is 325 g/mol. The van der Waals surface area contributed by atoms with Crippen LogP contribution in [0.15, 0.2) is 45.7 Å². The Kier molecular flexibility index (Phi) is 5.30. The number of carbonyl (C=O) groups is 2. The largest absolute Gasteiger partial charge is 0.456 e. The summed E-state index contributed by atoms with van der Waals surface area (Å²) >= 11 is 7.12. The van der Waals surface area contributed by atoms with Gasteiger partial charge in [-0.2, -0.15) is 0 Å². The molecule has 2 rings (SSSR count). The lowest BCUT2D eigenvalue weighted by Gasteiger charge is -2.06. The van der Waals surface area contributed by atoms with Gasteiger partial charge in [-0.05, 0) is 43.3 Å². The minimum atomic E-state index is -0.493. The van der Waals surface area contributed by atoms with Gasteiger partial charge in [0.05, 0.1) is 5.75 Å². The number of benzene rings is 1. The standard InChI is InChI=1S/C14H13ClN2O3S/c1-9-2-7-12(20-9)14(19)17-16-13(18)8-21-11-5-3-10(15)4-6-11/h2-7H,8H2,1H3,(H,16,18)(H,17,19). The van der Waals surface area contributed by atoms with E-state index in [9.17, 15) is 9.59 Å². The molecule has 0 saturated carbocycles. The Balaban J connectivity index is 1.74. The fourth-order valence-corrected chi connectivity index (χ4v) is 2.28. The number of carbonyl (C=O) groups excluding carboxylic acids is 2. The van der Waals surface area contributed by atoms with Crippen LogP contribution >= 0.6 is 23.4 Å². The number of aryl methyl sites for hydroxylation is 1. The predicted octanol–water partition coefficient (Wildman–Crippen LogP) is 2.79. The number of hydrogen-bond donors (Lipinski definition) is 2. The van der Waals surface area contributed by atoms with Gasteiger partial charge in [-0.15, -0.1) is 11.8 Å². The van der Waals surface area contributed by atoms with Crippen LogP contribution in [0, 0.1) is 6.92 Å². The molecule has 0 radical (unpaired) electrons. The van der Waals surface area contributed by atoms with Crippen molar-refractivity contribution in [2.24, 2.45) is 0 Å². The maximum atomic E-state index is 11.6. The molecule has 110 valence electrons. The molecule has 0 spiro atoms. The molecule has 0 fully saturated rings. The molecule has 0 bridgehead atoms. The second kappa shape index (κ2) is 7.19. The van der Waals surface area contributed by atoms with E-state index in [-0.39, 0.29) is 17.4 Å². The lowest BCUT2D eigenvalue weighted by molar-refractivity contribution is -0.119. The normalized spacial score (nSPS) is 10.2. The SMILES string of the molecule is Cc1ccc(C(=O)NNC(=O)CSc2ccc(Cl)cc2)o1. The summed E-state index contributed by atoms with van der Waals surface area (Å²) in [6, 6.07) is 10.4. The van der Waals surface area contributed by atoms with Crippen molar-refractivity contribution in [3.63, 3.8) is 0 Å². The molecule has 21 heavy (non-hydrogen) atoms. The number of amides is 2. The monoisotopic (exact) mass is 324 g/mol. The van der Waals surface area contributed by atoms with Gasteiger partial charge in [0.25, 0.3) is 0 Å². The topological polar surface area (TPSA) is 71.3 Å². The Morgan fingerprint density at radius 2 is 1.86 bits per heavy atom. The number of thioether (sulfide) groups is 1. The minimum absolute atomic E-state index is 0.151. The number of hydrogen-bond acceptors (Lipinski definition) is 4. The van der Waals surface area contributed by atoms with Gasteiger partial charge < -0.3 is 4.42 Å². The Bertz CT molecular complexity index is 640. The Labute approximate surface area is 131 Å². The molecule has 0 saturated heterocycles. The van der Waals surface area contributed by atoms with Gasteiger partial charge >= 0.3 is 5.91 Å². The Morgan fingerprint density at radius 3 is 2.48 bits per heavy atom. The zero-order valence-corrected chi connectivity index (χ0v) is 12.8. The molecule has 0 atom stereocenters. The average Bonchev–Trinajstić information content (AvgIpc) is 2.91. The van der Waals surface area contributed by atoms with Crippen molar-refractivity contribution in [2.45, 2.75) is 11.8 Å². The van der Waals surface area contributed by atoms with E-state index in [0.29, 0.717) is 10.8 Å². The van der Waals surface area contributed by atoms with Gasteiger partial charge in [0, 0.05) is 9.92 Å². The first-order chi connectivity index (χ1) is 10.0. The molecular weight excluding hydrogens is 312 g/mol. The van der Waals surface area contributed by atoms with Crippen LogP contribution < -0.4 is 10.9 Å². The molecule has 1 aromatic heterocycles. The summed E-state index contributed by atoms with van der Waals surface area (Å²) in [5, 5.41) is 0.643. The van der Waals surface area contributed by atoms with E-state index in [2.05, 4.69) is 10.9 Å². The maximum Gasteiger partial charge on any atom is 0.305 e. The number of hydrazine groups is 1. The van der Waals surface area contributed by atoms with Crippen molar-refractivity contribution < 1.29 is 14.0 Å². The van der Waals surface area contributed by atoms with Gasteiger partial charge in [0.15, 0.2) is 5.76 Å². The molecule has 1 aromatic carbocycles. The zero-order chi connectivity index (χ0) is 15.2. The maximum absolute atomic E-state index is 11.6. The van der Waals surface area contributed by atoms with Gasteiger partial charge in [-0.3, -0.25) is 20.4 Å². The number of furan rings is 1. The fourth-order valence-electron chi connectivity index (χ4n) is 1.46. The van der Waals surface area contributed by atoms with Gasteiger partial charge in [0.1, 0.15) is 5.76 Å². The molecule has 1 heterocycles. The van der Waals surface area contributed by atoms with Crippen molar-refractivity contribution in [1.82, 2.24) is 10.9 Å². The van der Waals surface area contributed by atoms with Crippen LogP contribution in [0.3, 0.4) is 0 Å². The number of nitrogens with one attached hydrogen (secondary N) is 2. The zero-order valence-electron chi connectivity index (χ0n) is 11.2. The molecule has 2 amide bonds. The summed E-state index contributed by atoms with van der Waals surface area (Å²) in [5.41, 5.74) is 4.62. The van der Waals surface area contributed by atoms with Crippen LogP contribution in [-0.4, -0.2) is 17.6 Å². The Morgan fingerprint density at radius 1 is 1.14 bits per heavy atom. The highest BCUT2D eigenvalue weighted by molar-refractivity contribution is 8.00. The van der Waals surface area contributed by atoms with E-state index >= 15 is 0 Å². The molecule has 0 aliphatic heterocycles. The summed E-state index contributed by atoms with van der Waals surface area (Å²) in [6.07, 6.45) is 0. The summed E-state index contributed by atoms with van der Waals surface area (Å²) < 4.78 is 5.14. The van der Waals surface area contributed by atoms with Crippen molar-refractivity contribution in [3.05, 3.63) is 52.9 Å². The molecule has 5 nitrogen and oxygen atoms in total. The third-order valence-electron chi connectivity index (χ3n) is 2.46. The quantitative estimate of drug-likeness (QED) is 0.670. The third-order valence-corrected chi connectivity index (χ3v) is 3.73. The lowest BCUT2D eigenvalue weighted by Crippen LogP contribution is -2.42. The third kappa shape index (κ3) is 4.84. The summed E-state index contributed by atoms with van der Waals surface area (Å²) in [6.45, 7) is 1.73. The summed E-state index contributed by atoms with van der Waals surface area (Å²) in [4.78, 5) is 24.2. The van der Waals surface area contributed by atoms with Crippen LogP contribution in [0.2, 0.25) is 5.02 Å². The fraction of sp³-hybridized carbons (Fsp3) is 0.143. The van der Waals surface area contributed by atoms with Crippen LogP contribution in [0.25, 0.3) is 0 Å². The summed E-state index contributed by atoms with van der Waals surface area (Å²) in [7, 11) is 0. The highest BCUT2D eigenvalue weighted by atomic mass is 35.5. The number of halogens is 1. The van der Waals surface area contributed by atoms with E-state index < -0.39 is 5.91 Å². The van der Waals surface area contributed by atoms with Crippen LogP contribution in [0.4, 0.5) is 0 Å². The molecular formula is C14H13ClN2O3S. The second-order valence-electron chi connectivity index (χ2n) is 4.16. The van der Waals surface area contributed by atoms with Gasteiger partial charge in [-0.25, -0.2) is 0 Å². The molecule has 0 aliphatic rings. The van der Waals surface area contributed by atoms with E-state index in [4.69, 9.17) is 16.0 Å².